The monoisotopic (exact) mass is 461 g/mol. The number of hydrogen-bond acceptors (Lipinski definition) is 5. The number of piperazine rings is 1. The topological polar surface area (TPSA) is 62.8 Å². The molecule has 1 fully saturated rings. The first-order chi connectivity index (χ1) is 14.4. The number of furan rings is 1. The van der Waals surface area contributed by atoms with Crippen molar-refractivity contribution in [1.82, 2.24) is 4.90 Å². The lowest BCUT2D eigenvalue weighted by Gasteiger charge is -2.36. The van der Waals surface area contributed by atoms with E-state index in [1.54, 1.807) is 24.3 Å². The minimum atomic E-state index is -0.378. The van der Waals surface area contributed by atoms with Crippen LogP contribution in [0.2, 0.25) is 10.0 Å². The SMILES string of the molecule is O=[N+]([O-])c1cccc(N2CCN(C(=S)c3ccc(-c4ccc(Cl)c(Cl)c4)o3)CC2)c1. The lowest BCUT2D eigenvalue weighted by molar-refractivity contribution is -0.384. The molecule has 0 bridgehead atoms. The van der Waals surface area contributed by atoms with Gasteiger partial charge in [-0.3, -0.25) is 10.1 Å². The zero-order chi connectivity index (χ0) is 21.3. The summed E-state index contributed by atoms with van der Waals surface area (Å²) in [7, 11) is 0. The highest BCUT2D eigenvalue weighted by atomic mass is 35.5. The number of halogens is 2. The number of rotatable bonds is 4. The van der Waals surface area contributed by atoms with E-state index in [-0.39, 0.29) is 10.6 Å². The molecule has 0 spiro atoms. The number of nitrogens with zero attached hydrogens (tertiary/aromatic N) is 3. The molecule has 0 radical (unpaired) electrons. The Kier molecular flexibility index (Phi) is 5.94. The molecule has 2 aromatic carbocycles. The second-order valence-corrected chi connectivity index (χ2v) is 8.05. The van der Waals surface area contributed by atoms with Crippen LogP contribution in [0, 0.1) is 10.1 Å². The third kappa shape index (κ3) is 4.28. The van der Waals surface area contributed by atoms with Crippen LogP contribution in [-0.4, -0.2) is 41.0 Å². The summed E-state index contributed by atoms with van der Waals surface area (Å²) in [5.41, 5.74) is 1.76. The fourth-order valence-electron chi connectivity index (χ4n) is 3.38. The third-order valence-corrected chi connectivity index (χ3v) is 6.19. The highest BCUT2D eigenvalue weighted by molar-refractivity contribution is 7.80. The quantitative estimate of drug-likeness (QED) is 0.283. The fourth-order valence-corrected chi connectivity index (χ4v) is 3.97. The molecule has 2 heterocycles. The van der Waals surface area contributed by atoms with Gasteiger partial charge in [-0.05, 0) is 36.4 Å². The van der Waals surface area contributed by atoms with Gasteiger partial charge in [0.2, 0.25) is 0 Å². The van der Waals surface area contributed by atoms with E-state index in [2.05, 4.69) is 9.80 Å². The molecule has 0 atom stereocenters. The molecule has 30 heavy (non-hydrogen) atoms. The minimum Gasteiger partial charge on any atom is -0.454 e. The summed E-state index contributed by atoms with van der Waals surface area (Å²) in [5, 5.41) is 12.0. The molecule has 9 heteroatoms. The van der Waals surface area contributed by atoms with Gasteiger partial charge in [-0.2, -0.15) is 0 Å². The van der Waals surface area contributed by atoms with Crippen molar-refractivity contribution in [1.29, 1.82) is 0 Å². The van der Waals surface area contributed by atoms with Crippen molar-refractivity contribution in [2.24, 2.45) is 0 Å². The summed E-state index contributed by atoms with van der Waals surface area (Å²) in [6.07, 6.45) is 0. The van der Waals surface area contributed by atoms with Gasteiger partial charge in [0.25, 0.3) is 5.69 Å². The highest BCUT2D eigenvalue weighted by Crippen LogP contribution is 2.30. The lowest BCUT2D eigenvalue weighted by atomic mass is 10.2. The molecular formula is C21H17Cl2N3O3S. The van der Waals surface area contributed by atoms with Crippen LogP contribution in [0.1, 0.15) is 5.76 Å². The predicted octanol–water partition coefficient (Wildman–Crippen LogP) is 5.66. The van der Waals surface area contributed by atoms with Crippen LogP contribution in [0.5, 0.6) is 0 Å². The van der Waals surface area contributed by atoms with Crippen molar-refractivity contribution in [3.63, 3.8) is 0 Å². The summed E-state index contributed by atoms with van der Waals surface area (Å²) in [6, 6.07) is 15.7. The molecule has 0 unspecified atom stereocenters. The predicted molar refractivity (Wildman–Crippen MR) is 123 cm³/mol. The standard InChI is InChI=1S/C21H17Cl2N3O3S/c22-17-5-4-14(12-18(17)23)19-6-7-20(29-19)21(30)25-10-8-24(9-11-25)15-2-1-3-16(13-15)26(27)28/h1-7,12-13H,8-11H2. The molecular weight excluding hydrogens is 445 g/mol. The second-order valence-electron chi connectivity index (χ2n) is 6.85. The van der Waals surface area contributed by atoms with Crippen molar-refractivity contribution in [2.45, 2.75) is 0 Å². The van der Waals surface area contributed by atoms with E-state index < -0.39 is 0 Å². The number of hydrogen-bond donors (Lipinski definition) is 0. The van der Waals surface area contributed by atoms with E-state index in [1.165, 1.54) is 6.07 Å². The first-order valence-electron chi connectivity index (χ1n) is 9.26. The smallest absolute Gasteiger partial charge is 0.271 e. The molecule has 4 rings (SSSR count). The molecule has 0 N–H and O–H groups in total. The molecule has 6 nitrogen and oxygen atoms in total. The van der Waals surface area contributed by atoms with Crippen molar-refractivity contribution >= 4 is 51.8 Å². The van der Waals surface area contributed by atoms with Crippen LogP contribution < -0.4 is 4.90 Å². The molecule has 1 aliphatic rings. The summed E-state index contributed by atoms with van der Waals surface area (Å²) < 4.78 is 5.96. The van der Waals surface area contributed by atoms with Crippen LogP contribution in [0.3, 0.4) is 0 Å². The van der Waals surface area contributed by atoms with Crippen LogP contribution in [0.4, 0.5) is 11.4 Å². The average Bonchev–Trinajstić information content (AvgIpc) is 3.25. The Hall–Kier alpha value is -2.61. The first-order valence-corrected chi connectivity index (χ1v) is 10.4. The molecule has 1 aromatic heterocycles. The molecule has 3 aromatic rings. The summed E-state index contributed by atoms with van der Waals surface area (Å²) in [5.74, 6) is 1.29. The first kappa shape index (κ1) is 20.7. The summed E-state index contributed by atoms with van der Waals surface area (Å²) >= 11 is 17.7. The largest absolute Gasteiger partial charge is 0.454 e. The third-order valence-electron chi connectivity index (χ3n) is 4.99. The Morgan fingerprint density at radius 2 is 1.77 bits per heavy atom. The average molecular weight is 462 g/mol. The number of nitro benzene ring substituents is 1. The van der Waals surface area contributed by atoms with Gasteiger partial charge in [-0.25, -0.2) is 0 Å². The molecule has 0 aliphatic carbocycles. The van der Waals surface area contributed by atoms with E-state index >= 15 is 0 Å². The van der Waals surface area contributed by atoms with Crippen molar-refractivity contribution in [3.8, 4) is 11.3 Å². The number of thiocarbonyl (C=S) groups is 1. The fraction of sp³-hybridized carbons (Fsp3) is 0.190. The zero-order valence-electron chi connectivity index (χ0n) is 15.8. The number of benzene rings is 2. The van der Waals surface area contributed by atoms with Crippen LogP contribution >= 0.6 is 35.4 Å². The number of non-ortho nitro benzene ring substituents is 1. The molecule has 1 saturated heterocycles. The maximum absolute atomic E-state index is 11.0. The zero-order valence-corrected chi connectivity index (χ0v) is 18.1. The molecule has 154 valence electrons. The Bertz CT molecular complexity index is 1110. The summed E-state index contributed by atoms with van der Waals surface area (Å²) in [4.78, 5) is 15.5. The normalized spacial score (nSPS) is 14.1. The van der Waals surface area contributed by atoms with Crippen molar-refractivity contribution in [3.05, 3.63) is 80.5 Å². The van der Waals surface area contributed by atoms with Gasteiger partial charge in [0.05, 0.1) is 15.0 Å². The molecule has 0 saturated carbocycles. The van der Waals surface area contributed by atoms with Gasteiger partial charge in [0.15, 0.2) is 5.76 Å². The Labute approximate surface area is 188 Å². The maximum atomic E-state index is 11.0. The number of nitro groups is 1. The van der Waals surface area contributed by atoms with Gasteiger partial charge < -0.3 is 14.2 Å². The second kappa shape index (κ2) is 8.63. The molecule has 0 amide bonds. The molecule has 1 aliphatic heterocycles. The van der Waals surface area contributed by atoms with Gasteiger partial charge in [0.1, 0.15) is 10.7 Å². The van der Waals surface area contributed by atoms with E-state index in [4.69, 9.17) is 39.8 Å². The van der Waals surface area contributed by atoms with Gasteiger partial charge >= 0.3 is 0 Å². The van der Waals surface area contributed by atoms with Crippen LogP contribution in [0.15, 0.2) is 59.0 Å². The Morgan fingerprint density at radius 3 is 2.47 bits per heavy atom. The van der Waals surface area contributed by atoms with E-state index in [1.807, 2.05) is 24.3 Å². The van der Waals surface area contributed by atoms with Gasteiger partial charge in [0, 0.05) is 49.6 Å². The minimum absolute atomic E-state index is 0.0934. The van der Waals surface area contributed by atoms with Gasteiger partial charge in [-0.15, -0.1) is 0 Å². The number of anilines is 1. The van der Waals surface area contributed by atoms with E-state index in [0.717, 1.165) is 11.3 Å². The van der Waals surface area contributed by atoms with Crippen LogP contribution in [-0.2, 0) is 0 Å². The van der Waals surface area contributed by atoms with Crippen molar-refractivity contribution in [2.75, 3.05) is 31.1 Å². The van der Waals surface area contributed by atoms with E-state index in [0.29, 0.717) is 52.7 Å². The Morgan fingerprint density at radius 1 is 1.00 bits per heavy atom. The Balaban J connectivity index is 1.42. The summed E-state index contributed by atoms with van der Waals surface area (Å²) in [6.45, 7) is 2.82. The van der Waals surface area contributed by atoms with Crippen LogP contribution in [0.25, 0.3) is 11.3 Å². The highest BCUT2D eigenvalue weighted by Gasteiger charge is 2.23. The lowest BCUT2D eigenvalue weighted by Crippen LogP contribution is -2.48. The van der Waals surface area contributed by atoms with Gasteiger partial charge in [-0.1, -0.05) is 41.5 Å². The van der Waals surface area contributed by atoms with Crippen molar-refractivity contribution < 1.29 is 9.34 Å². The van der Waals surface area contributed by atoms with E-state index in [9.17, 15) is 10.1 Å². The maximum Gasteiger partial charge on any atom is 0.271 e.